The van der Waals surface area contributed by atoms with Crippen LogP contribution >= 0.6 is 31.9 Å². The Morgan fingerprint density at radius 2 is 2.00 bits per heavy atom. The van der Waals surface area contributed by atoms with Crippen molar-refractivity contribution in [1.29, 1.82) is 0 Å². The van der Waals surface area contributed by atoms with Crippen LogP contribution in [0.5, 0.6) is 0 Å². The third-order valence-electron chi connectivity index (χ3n) is 3.42. The molecule has 0 aliphatic carbocycles. The van der Waals surface area contributed by atoms with Gasteiger partial charge in [0.15, 0.2) is 4.67 Å². The molecule has 2 heterocycles. The molecule has 1 aliphatic rings. The highest BCUT2D eigenvalue weighted by atomic mass is 79.9. The summed E-state index contributed by atoms with van der Waals surface area (Å²) >= 11 is 6.76. The van der Waals surface area contributed by atoms with Gasteiger partial charge in [-0.3, -0.25) is 0 Å². The number of hydrogen-bond acceptors (Lipinski definition) is 4. The normalized spacial score (nSPS) is 18.1. The number of hydrogen-bond donors (Lipinski definition) is 1. The van der Waals surface area contributed by atoms with Crippen molar-refractivity contribution in [2.45, 2.75) is 13.0 Å². The van der Waals surface area contributed by atoms with Crippen molar-refractivity contribution in [3.63, 3.8) is 0 Å². The summed E-state index contributed by atoms with van der Waals surface area (Å²) in [4.78, 5) is 4.93. The fourth-order valence-electron chi connectivity index (χ4n) is 2.19. The van der Waals surface area contributed by atoms with Gasteiger partial charge in [0.05, 0.1) is 11.0 Å². The lowest BCUT2D eigenvalue weighted by molar-refractivity contribution is 0.152. The summed E-state index contributed by atoms with van der Waals surface area (Å²) in [6.07, 6.45) is 1.19. The van der Waals surface area contributed by atoms with Crippen LogP contribution in [0.25, 0.3) is 0 Å². The second-order valence-corrected chi connectivity index (χ2v) is 6.58. The van der Waals surface area contributed by atoms with Crippen LogP contribution in [0.1, 0.15) is 12.2 Å². The number of piperazine rings is 1. The Bertz CT molecular complexity index is 370. The molecule has 0 amide bonds. The van der Waals surface area contributed by atoms with Crippen molar-refractivity contribution in [1.82, 2.24) is 15.1 Å². The van der Waals surface area contributed by atoms with Crippen LogP contribution in [0, 0.1) is 0 Å². The van der Waals surface area contributed by atoms with Crippen LogP contribution in [0.2, 0.25) is 0 Å². The van der Waals surface area contributed by atoms with Gasteiger partial charge in [-0.2, -0.15) is 0 Å². The summed E-state index contributed by atoms with van der Waals surface area (Å²) in [6.45, 7) is 7.80. The second kappa shape index (κ2) is 7.78. The maximum absolute atomic E-state index is 5.51. The summed E-state index contributed by atoms with van der Waals surface area (Å²) in [5, 5.41) is 3.42. The molecule has 19 heavy (non-hydrogen) atoms. The van der Waals surface area contributed by atoms with Gasteiger partial charge in [-0.25, -0.2) is 0 Å². The molecule has 2 rings (SSSR count). The van der Waals surface area contributed by atoms with E-state index in [0.29, 0.717) is 0 Å². The van der Waals surface area contributed by atoms with E-state index >= 15 is 0 Å². The van der Waals surface area contributed by atoms with Gasteiger partial charge in [-0.1, -0.05) is 0 Å². The number of rotatable bonds is 6. The maximum Gasteiger partial charge on any atom is 0.183 e. The minimum Gasteiger partial charge on any atom is -0.452 e. The minimum atomic E-state index is 0.765. The number of nitrogens with zero attached hydrogens (tertiary/aromatic N) is 2. The van der Waals surface area contributed by atoms with Crippen LogP contribution in [0.4, 0.5) is 0 Å². The van der Waals surface area contributed by atoms with E-state index in [-0.39, 0.29) is 0 Å². The highest BCUT2D eigenvalue weighted by Gasteiger charge is 2.12. The molecule has 6 heteroatoms. The molecule has 1 saturated heterocycles. The lowest BCUT2D eigenvalue weighted by Crippen LogP contribution is -2.45. The Morgan fingerprint density at radius 3 is 2.63 bits per heavy atom. The fraction of sp³-hybridized carbons (Fsp3) is 0.692. The molecule has 4 nitrogen and oxygen atoms in total. The average molecular weight is 395 g/mol. The molecule has 1 aromatic rings. The van der Waals surface area contributed by atoms with Crippen molar-refractivity contribution in [3.05, 3.63) is 21.0 Å². The van der Waals surface area contributed by atoms with Gasteiger partial charge >= 0.3 is 0 Å². The van der Waals surface area contributed by atoms with Crippen LogP contribution in [0.15, 0.2) is 19.6 Å². The van der Waals surface area contributed by atoms with Gasteiger partial charge in [0.2, 0.25) is 0 Å². The summed E-state index contributed by atoms with van der Waals surface area (Å²) < 4.78 is 7.25. The van der Waals surface area contributed by atoms with Crippen molar-refractivity contribution < 1.29 is 4.42 Å². The van der Waals surface area contributed by atoms with Crippen LogP contribution in [-0.4, -0.2) is 56.1 Å². The molecule has 1 fully saturated rings. The van der Waals surface area contributed by atoms with E-state index in [4.69, 9.17) is 4.42 Å². The van der Waals surface area contributed by atoms with Crippen molar-refractivity contribution in [2.24, 2.45) is 0 Å². The van der Waals surface area contributed by atoms with Crippen LogP contribution in [0.3, 0.4) is 0 Å². The molecule has 0 atom stereocenters. The Balaban J connectivity index is 1.55. The molecular weight excluding hydrogens is 374 g/mol. The molecule has 0 radical (unpaired) electrons. The molecule has 1 N–H and O–H groups in total. The van der Waals surface area contributed by atoms with Crippen LogP contribution < -0.4 is 5.32 Å². The monoisotopic (exact) mass is 393 g/mol. The molecule has 0 bridgehead atoms. The number of halogens is 2. The predicted molar refractivity (Wildman–Crippen MR) is 84.4 cm³/mol. The number of furan rings is 1. The zero-order chi connectivity index (χ0) is 13.7. The summed E-state index contributed by atoms with van der Waals surface area (Å²) in [5.41, 5.74) is 0. The maximum atomic E-state index is 5.51. The first-order valence-corrected chi connectivity index (χ1v) is 8.29. The Hall–Kier alpha value is 0.120. The van der Waals surface area contributed by atoms with Crippen LogP contribution in [-0.2, 0) is 6.54 Å². The minimum absolute atomic E-state index is 0.765. The molecule has 1 aliphatic heterocycles. The van der Waals surface area contributed by atoms with E-state index in [1.165, 1.54) is 39.1 Å². The summed E-state index contributed by atoms with van der Waals surface area (Å²) in [5.74, 6) is 0.957. The second-order valence-electron chi connectivity index (χ2n) is 5.01. The van der Waals surface area contributed by atoms with E-state index in [9.17, 15) is 0 Å². The predicted octanol–water partition coefficient (Wildman–Crippen LogP) is 2.53. The zero-order valence-corrected chi connectivity index (χ0v) is 14.5. The third kappa shape index (κ3) is 5.19. The van der Waals surface area contributed by atoms with Gasteiger partial charge in [-0.05, 0) is 64.5 Å². The Morgan fingerprint density at radius 1 is 1.26 bits per heavy atom. The van der Waals surface area contributed by atoms with E-state index in [1.807, 2.05) is 6.07 Å². The van der Waals surface area contributed by atoms with Gasteiger partial charge in [-0.15, -0.1) is 0 Å². The standard InChI is InChI=1S/C13H21Br2N3O/c1-17-5-7-18(8-6-17)4-2-3-16-10-11-9-12(14)13(15)19-11/h9,16H,2-8,10H2,1H3. The molecule has 0 spiro atoms. The molecule has 0 saturated carbocycles. The first-order chi connectivity index (χ1) is 9.15. The van der Waals surface area contributed by atoms with E-state index in [1.54, 1.807) is 0 Å². The van der Waals surface area contributed by atoms with E-state index in [2.05, 4.69) is 54.0 Å². The SMILES string of the molecule is CN1CCN(CCCNCc2cc(Br)c(Br)o2)CC1. The van der Waals surface area contributed by atoms with Crippen molar-refractivity contribution in [2.75, 3.05) is 46.3 Å². The smallest absolute Gasteiger partial charge is 0.183 e. The summed E-state index contributed by atoms with van der Waals surface area (Å²) in [7, 11) is 2.19. The fourth-order valence-corrected chi connectivity index (χ4v) is 2.85. The van der Waals surface area contributed by atoms with Gasteiger partial charge < -0.3 is 19.5 Å². The molecule has 0 unspecified atom stereocenters. The van der Waals surface area contributed by atoms with E-state index in [0.717, 1.165) is 28.0 Å². The Labute approximate surface area is 131 Å². The highest BCUT2D eigenvalue weighted by Crippen LogP contribution is 2.26. The van der Waals surface area contributed by atoms with Crippen molar-refractivity contribution in [3.8, 4) is 0 Å². The van der Waals surface area contributed by atoms with Crippen molar-refractivity contribution >= 4 is 31.9 Å². The van der Waals surface area contributed by atoms with Gasteiger partial charge in [0.1, 0.15) is 5.76 Å². The molecule has 1 aromatic heterocycles. The topological polar surface area (TPSA) is 31.6 Å². The quantitative estimate of drug-likeness (QED) is 0.751. The van der Waals surface area contributed by atoms with Gasteiger partial charge in [0.25, 0.3) is 0 Å². The zero-order valence-electron chi connectivity index (χ0n) is 11.3. The van der Waals surface area contributed by atoms with E-state index < -0.39 is 0 Å². The third-order valence-corrected chi connectivity index (χ3v) is 5.13. The first-order valence-electron chi connectivity index (χ1n) is 6.70. The van der Waals surface area contributed by atoms with Gasteiger partial charge in [0, 0.05) is 26.2 Å². The average Bonchev–Trinajstić information content (AvgIpc) is 2.71. The lowest BCUT2D eigenvalue weighted by Gasteiger charge is -2.32. The molecule has 0 aromatic carbocycles. The largest absolute Gasteiger partial charge is 0.452 e. The Kier molecular flexibility index (Phi) is 6.35. The summed E-state index contributed by atoms with van der Waals surface area (Å²) in [6, 6.07) is 2.00. The lowest BCUT2D eigenvalue weighted by atomic mass is 10.3. The first kappa shape index (κ1) is 15.5. The highest BCUT2D eigenvalue weighted by molar-refractivity contribution is 9.13. The molecular formula is C13H21Br2N3O. The number of likely N-dealkylation sites (N-methyl/N-ethyl adjacent to an activating group) is 1. The number of nitrogens with one attached hydrogen (secondary N) is 1. The molecule has 108 valence electrons.